The number of nitrogens with one attached hydrogen (secondary N) is 3. The van der Waals surface area contributed by atoms with E-state index in [9.17, 15) is 4.39 Å². The number of aromatic nitrogens is 2. The fraction of sp³-hybridized carbons (Fsp3) is 0.182. The van der Waals surface area contributed by atoms with Crippen LogP contribution in [0.25, 0.3) is 11.3 Å². The maximum atomic E-state index is 13.2. The third-order valence-electron chi connectivity index (χ3n) is 4.89. The topological polar surface area (TPSA) is 61.9 Å². The fourth-order valence-corrected chi connectivity index (χ4v) is 3.17. The average molecular weight is 375 g/mol. The van der Waals surface area contributed by atoms with Crippen molar-refractivity contribution in [2.24, 2.45) is 0 Å². The third kappa shape index (κ3) is 3.67. The van der Waals surface area contributed by atoms with Crippen LogP contribution in [0.1, 0.15) is 19.4 Å². The molecule has 0 amide bonds. The number of nitrogens with zero attached hydrogens (tertiary/aromatic N) is 2. The van der Waals surface area contributed by atoms with Gasteiger partial charge in [-0.2, -0.15) is 0 Å². The summed E-state index contributed by atoms with van der Waals surface area (Å²) in [6.45, 7) is 8.74. The highest BCUT2D eigenvalue weighted by Gasteiger charge is 2.20. The standard InChI is InChI=1S/C22H22FN5/c1-14-25-19-9-4-15(12-20(19)26-14)18-10-11-21(28-27-18)24-13-22(2,3)16-5-7-17(23)8-6-16/h4-12,25-26H,1,13H2,2-3H3,(H,24,28). The summed E-state index contributed by atoms with van der Waals surface area (Å²) in [5.74, 6) is 1.24. The molecule has 5 nitrogen and oxygen atoms in total. The van der Waals surface area contributed by atoms with Crippen LogP contribution >= 0.6 is 0 Å². The minimum atomic E-state index is -0.226. The summed E-state index contributed by atoms with van der Waals surface area (Å²) in [7, 11) is 0. The Hall–Kier alpha value is -3.41. The Morgan fingerprint density at radius 3 is 2.43 bits per heavy atom. The smallest absolute Gasteiger partial charge is 0.148 e. The van der Waals surface area contributed by atoms with E-state index in [4.69, 9.17) is 0 Å². The zero-order chi connectivity index (χ0) is 19.7. The predicted octanol–water partition coefficient (Wildman–Crippen LogP) is 4.98. The van der Waals surface area contributed by atoms with Crippen molar-refractivity contribution in [3.8, 4) is 11.3 Å². The third-order valence-corrected chi connectivity index (χ3v) is 4.89. The Balaban J connectivity index is 1.44. The molecule has 6 heteroatoms. The van der Waals surface area contributed by atoms with Gasteiger partial charge in [0.2, 0.25) is 0 Å². The first-order valence-corrected chi connectivity index (χ1v) is 9.12. The number of anilines is 3. The van der Waals surface area contributed by atoms with Gasteiger partial charge in [0.15, 0.2) is 0 Å². The zero-order valence-corrected chi connectivity index (χ0v) is 15.9. The number of hydrogen-bond acceptors (Lipinski definition) is 5. The van der Waals surface area contributed by atoms with Gasteiger partial charge in [0, 0.05) is 17.5 Å². The van der Waals surface area contributed by atoms with Crippen molar-refractivity contribution in [2.45, 2.75) is 19.3 Å². The molecule has 0 saturated heterocycles. The summed E-state index contributed by atoms with van der Waals surface area (Å²) in [6, 6.07) is 16.5. The molecule has 2 aromatic carbocycles. The fourth-order valence-electron chi connectivity index (χ4n) is 3.17. The molecule has 3 aromatic rings. The Labute approximate surface area is 163 Å². The highest BCUT2D eigenvalue weighted by Crippen LogP contribution is 2.33. The Kier molecular flexibility index (Phi) is 4.47. The zero-order valence-electron chi connectivity index (χ0n) is 15.9. The van der Waals surface area contributed by atoms with Crippen LogP contribution in [0.3, 0.4) is 0 Å². The largest absolute Gasteiger partial charge is 0.368 e. The normalized spacial score (nSPS) is 12.9. The molecule has 0 bridgehead atoms. The molecule has 1 aliphatic heterocycles. The van der Waals surface area contributed by atoms with E-state index in [1.165, 1.54) is 12.1 Å². The number of benzene rings is 2. The number of hydrogen-bond donors (Lipinski definition) is 3. The monoisotopic (exact) mass is 375 g/mol. The van der Waals surface area contributed by atoms with Crippen LogP contribution in [-0.2, 0) is 5.41 Å². The molecule has 1 aromatic heterocycles. The lowest BCUT2D eigenvalue weighted by Crippen LogP contribution is -2.28. The van der Waals surface area contributed by atoms with Crippen molar-refractivity contribution in [1.82, 2.24) is 10.2 Å². The lowest BCUT2D eigenvalue weighted by Gasteiger charge is -2.25. The number of rotatable bonds is 5. The number of halogens is 1. The van der Waals surface area contributed by atoms with Gasteiger partial charge in [-0.15, -0.1) is 10.2 Å². The quantitative estimate of drug-likeness (QED) is 0.587. The van der Waals surface area contributed by atoms with E-state index in [0.717, 1.165) is 34.0 Å². The van der Waals surface area contributed by atoms with Gasteiger partial charge >= 0.3 is 0 Å². The SMILES string of the molecule is C=C1Nc2ccc(-c3ccc(NCC(C)(C)c4ccc(F)cc4)nn3)cc2N1. The second kappa shape index (κ2) is 6.96. The first-order valence-electron chi connectivity index (χ1n) is 9.12. The van der Waals surface area contributed by atoms with Gasteiger partial charge in [-0.25, -0.2) is 4.39 Å². The molecule has 3 N–H and O–H groups in total. The molecule has 4 rings (SSSR count). The minimum Gasteiger partial charge on any atom is -0.368 e. The maximum absolute atomic E-state index is 13.2. The van der Waals surface area contributed by atoms with Gasteiger partial charge in [0.1, 0.15) is 17.5 Å². The van der Waals surface area contributed by atoms with Gasteiger partial charge < -0.3 is 16.0 Å². The molecule has 142 valence electrons. The van der Waals surface area contributed by atoms with Crippen LogP contribution in [0.15, 0.2) is 67.0 Å². The molecule has 0 atom stereocenters. The summed E-state index contributed by atoms with van der Waals surface area (Å²) < 4.78 is 13.2. The van der Waals surface area contributed by atoms with E-state index in [-0.39, 0.29) is 11.2 Å². The van der Waals surface area contributed by atoms with E-state index < -0.39 is 0 Å². The van der Waals surface area contributed by atoms with Gasteiger partial charge in [0.25, 0.3) is 0 Å². The van der Waals surface area contributed by atoms with Crippen molar-refractivity contribution in [1.29, 1.82) is 0 Å². The summed E-state index contributed by atoms with van der Waals surface area (Å²) in [5.41, 5.74) is 4.65. The molecular formula is C22H22FN5. The van der Waals surface area contributed by atoms with Crippen LogP contribution in [0.2, 0.25) is 0 Å². The van der Waals surface area contributed by atoms with Crippen molar-refractivity contribution in [2.75, 3.05) is 22.5 Å². The lowest BCUT2D eigenvalue weighted by atomic mass is 9.84. The molecule has 0 unspecified atom stereocenters. The van der Waals surface area contributed by atoms with Crippen molar-refractivity contribution in [3.05, 3.63) is 78.4 Å². The van der Waals surface area contributed by atoms with Crippen LogP contribution in [0.4, 0.5) is 21.6 Å². The number of fused-ring (bicyclic) bond motifs is 1. The first-order chi connectivity index (χ1) is 13.4. The van der Waals surface area contributed by atoms with Gasteiger partial charge in [0.05, 0.1) is 17.1 Å². The average Bonchev–Trinajstić information content (AvgIpc) is 3.06. The van der Waals surface area contributed by atoms with Gasteiger partial charge in [-0.3, -0.25) is 0 Å². The summed E-state index contributed by atoms with van der Waals surface area (Å²) in [5, 5.41) is 18.3. The molecular weight excluding hydrogens is 353 g/mol. The Morgan fingerprint density at radius 2 is 1.71 bits per heavy atom. The van der Waals surface area contributed by atoms with Crippen LogP contribution in [0, 0.1) is 5.82 Å². The van der Waals surface area contributed by atoms with Gasteiger partial charge in [-0.1, -0.05) is 38.6 Å². The van der Waals surface area contributed by atoms with E-state index in [0.29, 0.717) is 12.4 Å². The van der Waals surface area contributed by atoms with Gasteiger partial charge in [-0.05, 0) is 42.0 Å². The van der Waals surface area contributed by atoms with Crippen LogP contribution in [0.5, 0.6) is 0 Å². The molecule has 0 spiro atoms. The van der Waals surface area contributed by atoms with Crippen LogP contribution in [-0.4, -0.2) is 16.7 Å². The molecule has 1 aliphatic rings. The Bertz CT molecular complexity index is 1010. The molecule has 0 saturated carbocycles. The second-order valence-electron chi connectivity index (χ2n) is 7.54. The molecule has 2 heterocycles. The highest BCUT2D eigenvalue weighted by atomic mass is 19.1. The van der Waals surface area contributed by atoms with Crippen molar-refractivity contribution in [3.63, 3.8) is 0 Å². The molecule has 28 heavy (non-hydrogen) atoms. The van der Waals surface area contributed by atoms with E-state index in [1.54, 1.807) is 0 Å². The first kappa shape index (κ1) is 18.0. The second-order valence-corrected chi connectivity index (χ2v) is 7.54. The highest BCUT2D eigenvalue weighted by molar-refractivity contribution is 5.83. The summed E-state index contributed by atoms with van der Waals surface area (Å²) >= 11 is 0. The van der Waals surface area contributed by atoms with E-state index in [1.807, 2.05) is 42.5 Å². The minimum absolute atomic E-state index is 0.172. The van der Waals surface area contributed by atoms with E-state index in [2.05, 4.69) is 46.6 Å². The summed E-state index contributed by atoms with van der Waals surface area (Å²) in [4.78, 5) is 0. The van der Waals surface area contributed by atoms with Crippen LogP contribution < -0.4 is 16.0 Å². The molecule has 0 aliphatic carbocycles. The lowest BCUT2D eigenvalue weighted by molar-refractivity contribution is 0.552. The maximum Gasteiger partial charge on any atom is 0.148 e. The Morgan fingerprint density at radius 1 is 0.964 bits per heavy atom. The molecule has 0 fully saturated rings. The molecule has 0 radical (unpaired) electrons. The summed E-state index contributed by atoms with van der Waals surface area (Å²) in [6.07, 6.45) is 0. The van der Waals surface area contributed by atoms with Crippen molar-refractivity contribution < 1.29 is 4.39 Å². The predicted molar refractivity (Wildman–Crippen MR) is 112 cm³/mol. The van der Waals surface area contributed by atoms with E-state index >= 15 is 0 Å². The van der Waals surface area contributed by atoms with Crippen molar-refractivity contribution >= 4 is 17.2 Å².